The van der Waals surface area contributed by atoms with Crippen LogP contribution in [0.15, 0.2) is 12.1 Å². The van der Waals surface area contributed by atoms with E-state index in [9.17, 15) is 9.59 Å². The molecular weight excluding hydrogens is 276 g/mol. The highest BCUT2D eigenvalue weighted by atomic mass is 16.2. The molecule has 0 atom stereocenters. The van der Waals surface area contributed by atoms with Crippen LogP contribution in [-0.4, -0.2) is 24.4 Å². The average Bonchev–Trinajstić information content (AvgIpc) is 2.88. The molecular formula is C18H26N2O2. The number of hydrogen-bond donors (Lipinski definition) is 1. The van der Waals surface area contributed by atoms with Crippen LogP contribution in [0.4, 0.5) is 5.69 Å². The second-order valence-electron chi connectivity index (χ2n) is 6.40. The molecule has 0 spiro atoms. The van der Waals surface area contributed by atoms with Crippen LogP contribution in [0.5, 0.6) is 0 Å². The predicted molar refractivity (Wildman–Crippen MR) is 89.1 cm³/mol. The summed E-state index contributed by atoms with van der Waals surface area (Å²) < 4.78 is 0. The standard InChI is InChI=1S/C18H26N2O2/c1-12-9-13(2)18(14(3)10-12)20(15(4)21)11-17(22)19-16-7-5-6-8-16/h9-10,16H,5-8,11H2,1-4H3,(H,19,22). The van der Waals surface area contributed by atoms with Crippen LogP contribution in [0.3, 0.4) is 0 Å². The molecule has 0 radical (unpaired) electrons. The molecule has 120 valence electrons. The van der Waals surface area contributed by atoms with E-state index < -0.39 is 0 Å². The van der Waals surface area contributed by atoms with Gasteiger partial charge in [0.1, 0.15) is 6.54 Å². The van der Waals surface area contributed by atoms with Crippen molar-refractivity contribution < 1.29 is 9.59 Å². The summed E-state index contributed by atoms with van der Waals surface area (Å²) in [5.41, 5.74) is 4.08. The van der Waals surface area contributed by atoms with Gasteiger partial charge in [-0.05, 0) is 44.7 Å². The Bertz CT molecular complexity index is 551. The van der Waals surface area contributed by atoms with Crippen molar-refractivity contribution in [1.29, 1.82) is 0 Å². The normalized spacial score (nSPS) is 14.9. The van der Waals surface area contributed by atoms with Crippen molar-refractivity contribution >= 4 is 17.5 Å². The third kappa shape index (κ3) is 3.87. The number of carbonyl (C=O) groups is 2. The van der Waals surface area contributed by atoms with Gasteiger partial charge >= 0.3 is 0 Å². The number of carbonyl (C=O) groups excluding carboxylic acids is 2. The van der Waals surface area contributed by atoms with Gasteiger partial charge in [-0.15, -0.1) is 0 Å². The lowest BCUT2D eigenvalue weighted by Crippen LogP contribution is -2.43. The van der Waals surface area contributed by atoms with Gasteiger partial charge in [0, 0.05) is 13.0 Å². The number of nitrogens with one attached hydrogen (secondary N) is 1. The summed E-state index contributed by atoms with van der Waals surface area (Å²) in [5, 5.41) is 3.05. The molecule has 0 bridgehead atoms. The minimum absolute atomic E-state index is 0.0681. The summed E-state index contributed by atoms with van der Waals surface area (Å²) in [6.45, 7) is 7.62. The van der Waals surface area contributed by atoms with Gasteiger partial charge in [-0.3, -0.25) is 9.59 Å². The first kappa shape index (κ1) is 16.5. The average molecular weight is 302 g/mol. The van der Waals surface area contributed by atoms with E-state index in [1.165, 1.54) is 19.8 Å². The van der Waals surface area contributed by atoms with Crippen molar-refractivity contribution in [2.75, 3.05) is 11.4 Å². The van der Waals surface area contributed by atoms with E-state index in [1.54, 1.807) is 4.90 Å². The summed E-state index contributed by atoms with van der Waals surface area (Å²) in [7, 11) is 0. The minimum atomic E-state index is -0.100. The van der Waals surface area contributed by atoms with E-state index in [4.69, 9.17) is 0 Å². The minimum Gasteiger partial charge on any atom is -0.352 e. The van der Waals surface area contributed by atoms with E-state index in [2.05, 4.69) is 5.32 Å². The molecule has 4 heteroatoms. The number of rotatable bonds is 4. The Morgan fingerprint density at radius 2 is 1.68 bits per heavy atom. The van der Waals surface area contributed by atoms with Gasteiger partial charge in [-0.1, -0.05) is 30.5 Å². The third-order valence-electron chi connectivity index (χ3n) is 4.31. The molecule has 0 heterocycles. The van der Waals surface area contributed by atoms with Crippen molar-refractivity contribution in [3.63, 3.8) is 0 Å². The molecule has 1 aromatic carbocycles. The third-order valence-corrected chi connectivity index (χ3v) is 4.31. The van der Waals surface area contributed by atoms with E-state index >= 15 is 0 Å². The second-order valence-corrected chi connectivity index (χ2v) is 6.40. The van der Waals surface area contributed by atoms with Gasteiger partial charge in [-0.2, -0.15) is 0 Å². The summed E-state index contributed by atoms with van der Waals surface area (Å²) >= 11 is 0. The Morgan fingerprint density at radius 3 is 2.18 bits per heavy atom. The zero-order chi connectivity index (χ0) is 16.3. The molecule has 1 saturated carbocycles. The molecule has 0 aromatic heterocycles. The molecule has 4 nitrogen and oxygen atoms in total. The smallest absolute Gasteiger partial charge is 0.240 e. The van der Waals surface area contributed by atoms with Gasteiger partial charge in [0.25, 0.3) is 0 Å². The lowest BCUT2D eigenvalue weighted by atomic mass is 10.0. The van der Waals surface area contributed by atoms with Crippen molar-refractivity contribution in [3.05, 3.63) is 28.8 Å². The first-order valence-electron chi connectivity index (χ1n) is 8.04. The predicted octanol–water partition coefficient (Wildman–Crippen LogP) is 3.02. The number of nitrogens with zero attached hydrogens (tertiary/aromatic N) is 1. The fourth-order valence-electron chi connectivity index (χ4n) is 3.43. The Kier molecular flexibility index (Phi) is 5.22. The number of hydrogen-bond acceptors (Lipinski definition) is 2. The highest BCUT2D eigenvalue weighted by Crippen LogP contribution is 2.26. The zero-order valence-electron chi connectivity index (χ0n) is 14.0. The molecule has 1 aromatic rings. The molecule has 1 fully saturated rings. The van der Waals surface area contributed by atoms with Crippen LogP contribution < -0.4 is 10.2 Å². The topological polar surface area (TPSA) is 49.4 Å². The molecule has 0 aliphatic heterocycles. The van der Waals surface area contributed by atoms with Crippen LogP contribution in [0.2, 0.25) is 0 Å². The highest BCUT2D eigenvalue weighted by Gasteiger charge is 2.22. The van der Waals surface area contributed by atoms with E-state index in [0.29, 0.717) is 0 Å². The van der Waals surface area contributed by atoms with Gasteiger partial charge < -0.3 is 10.2 Å². The Hall–Kier alpha value is -1.84. The summed E-state index contributed by atoms with van der Waals surface area (Å²) in [5.74, 6) is -0.168. The molecule has 1 N–H and O–H groups in total. The van der Waals surface area contributed by atoms with Crippen LogP contribution in [0, 0.1) is 20.8 Å². The Balaban J connectivity index is 2.16. The first-order chi connectivity index (χ1) is 10.4. The van der Waals surface area contributed by atoms with E-state index in [0.717, 1.165) is 35.2 Å². The lowest BCUT2D eigenvalue weighted by Gasteiger charge is -2.25. The van der Waals surface area contributed by atoms with Crippen LogP contribution in [0.25, 0.3) is 0 Å². The highest BCUT2D eigenvalue weighted by molar-refractivity contribution is 5.98. The fourth-order valence-corrected chi connectivity index (χ4v) is 3.43. The summed E-state index contributed by atoms with van der Waals surface area (Å²) in [6.07, 6.45) is 4.46. The number of aryl methyl sites for hydroxylation is 3. The van der Waals surface area contributed by atoms with E-state index in [-0.39, 0.29) is 24.4 Å². The van der Waals surface area contributed by atoms with Gasteiger partial charge in [0.15, 0.2) is 0 Å². The second kappa shape index (κ2) is 6.95. The molecule has 2 rings (SSSR count). The maximum atomic E-state index is 12.3. The SMILES string of the molecule is CC(=O)N(CC(=O)NC1CCCC1)c1c(C)cc(C)cc1C. The van der Waals surface area contributed by atoms with Crippen molar-refractivity contribution in [2.24, 2.45) is 0 Å². The molecule has 0 saturated heterocycles. The number of anilines is 1. The Morgan fingerprint density at radius 1 is 1.14 bits per heavy atom. The maximum absolute atomic E-state index is 12.3. The summed E-state index contributed by atoms with van der Waals surface area (Å²) in [4.78, 5) is 25.9. The molecule has 0 unspecified atom stereocenters. The summed E-state index contributed by atoms with van der Waals surface area (Å²) in [6, 6.07) is 4.38. The van der Waals surface area contributed by atoms with Gasteiger partial charge in [0.2, 0.25) is 11.8 Å². The van der Waals surface area contributed by atoms with Crippen molar-refractivity contribution in [3.8, 4) is 0 Å². The number of benzene rings is 1. The first-order valence-corrected chi connectivity index (χ1v) is 8.04. The molecule has 1 aliphatic rings. The largest absolute Gasteiger partial charge is 0.352 e. The lowest BCUT2D eigenvalue weighted by molar-refractivity contribution is -0.123. The van der Waals surface area contributed by atoms with Gasteiger partial charge in [-0.25, -0.2) is 0 Å². The molecule has 22 heavy (non-hydrogen) atoms. The monoisotopic (exact) mass is 302 g/mol. The molecule has 1 aliphatic carbocycles. The van der Waals surface area contributed by atoms with Crippen LogP contribution in [-0.2, 0) is 9.59 Å². The van der Waals surface area contributed by atoms with Crippen LogP contribution >= 0.6 is 0 Å². The number of amides is 2. The zero-order valence-corrected chi connectivity index (χ0v) is 14.0. The van der Waals surface area contributed by atoms with Crippen molar-refractivity contribution in [2.45, 2.75) is 59.4 Å². The quantitative estimate of drug-likeness (QED) is 0.929. The van der Waals surface area contributed by atoms with Gasteiger partial charge in [0.05, 0.1) is 5.69 Å². The van der Waals surface area contributed by atoms with Crippen LogP contribution in [0.1, 0.15) is 49.3 Å². The van der Waals surface area contributed by atoms with E-state index in [1.807, 2.05) is 32.9 Å². The fraction of sp³-hybridized carbons (Fsp3) is 0.556. The Labute approximate surface area is 132 Å². The van der Waals surface area contributed by atoms with Crippen molar-refractivity contribution in [1.82, 2.24) is 5.32 Å². The maximum Gasteiger partial charge on any atom is 0.240 e. The molecule has 2 amide bonds.